The van der Waals surface area contributed by atoms with Crippen molar-refractivity contribution in [1.29, 1.82) is 0 Å². The first kappa shape index (κ1) is 11.2. The first-order chi connectivity index (χ1) is 6.61. The van der Waals surface area contributed by atoms with Crippen LogP contribution in [0.4, 0.5) is 0 Å². The topological polar surface area (TPSA) is 58.2 Å². The van der Waals surface area contributed by atoms with Crippen molar-refractivity contribution in [3.63, 3.8) is 0 Å². The van der Waals surface area contributed by atoms with Crippen LogP contribution in [0.15, 0.2) is 15.6 Å². The summed E-state index contributed by atoms with van der Waals surface area (Å²) in [5, 5.41) is 0. The predicted molar refractivity (Wildman–Crippen MR) is 56.6 cm³/mol. The second-order valence-corrected chi connectivity index (χ2v) is 3.80. The van der Waals surface area contributed by atoms with Gasteiger partial charge < -0.3 is 14.6 Å². The molecule has 0 saturated carbocycles. The van der Waals surface area contributed by atoms with Gasteiger partial charge in [0.05, 0.1) is 6.33 Å². The Morgan fingerprint density at radius 2 is 2.36 bits per heavy atom. The summed E-state index contributed by atoms with van der Waals surface area (Å²) in [6.45, 7) is 1.28. The zero-order chi connectivity index (χ0) is 10.6. The highest BCUT2D eigenvalue weighted by Crippen LogP contribution is 2.15. The highest BCUT2D eigenvalue weighted by atomic mass is 79.9. The van der Waals surface area contributed by atoms with Crippen LogP contribution in [-0.4, -0.2) is 42.1 Å². The molecule has 1 rings (SSSR count). The van der Waals surface area contributed by atoms with Gasteiger partial charge in [-0.25, -0.2) is 4.98 Å². The lowest BCUT2D eigenvalue weighted by molar-refractivity contribution is 0.252. The average molecular weight is 262 g/mol. The summed E-state index contributed by atoms with van der Waals surface area (Å²) in [4.78, 5) is 19.4. The second kappa shape index (κ2) is 5.11. The molecular weight excluding hydrogens is 250 g/mol. The molecule has 1 heterocycles. The third-order valence-corrected chi connectivity index (χ3v) is 2.24. The minimum absolute atomic E-state index is 0.236. The maximum Gasteiger partial charge on any atom is 0.268 e. The summed E-state index contributed by atoms with van der Waals surface area (Å²) in [5.41, 5.74) is -0.236. The number of hydrogen-bond acceptors (Lipinski definition) is 4. The van der Waals surface area contributed by atoms with Crippen LogP contribution in [0.3, 0.4) is 0 Å². The number of likely N-dealkylation sites (N-methyl/N-ethyl adjacent to an activating group) is 1. The molecule has 1 aromatic rings. The molecule has 0 aliphatic heterocycles. The summed E-state index contributed by atoms with van der Waals surface area (Å²) < 4.78 is 5.64. The first-order valence-electron chi connectivity index (χ1n) is 4.12. The van der Waals surface area contributed by atoms with E-state index in [1.165, 1.54) is 6.33 Å². The molecule has 0 aliphatic carbocycles. The Morgan fingerprint density at radius 3 is 3.00 bits per heavy atom. The van der Waals surface area contributed by atoms with Gasteiger partial charge in [-0.3, -0.25) is 4.79 Å². The van der Waals surface area contributed by atoms with E-state index in [-0.39, 0.29) is 5.56 Å². The van der Waals surface area contributed by atoms with Crippen LogP contribution < -0.4 is 10.3 Å². The number of hydrogen-bond donors (Lipinski definition) is 1. The van der Waals surface area contributed by atoms with Crippen LogP contribution in [0.5, 0.6) is 5.88 Å². The van der Waals surface area contributed by atoms with E-state index >= 15 is 0 Å². The van der Waals surface area contributed by atoms with Gasteiger partial charge in [0.2, 0.25) is 5.88 Å². The first-order valence-corrected chi connectivity index (χ1v) is 4.91. The number of aromatic amines is 1. The van der Waals surface area contributed by atoms with Gasteiger partial charge in [0, 0.05) is 6.54 Å². The number of H-pyrrole nitrogens is 1. The van der Waals surface area contributed by atoms with E-state index in [2.05, 4.69) is 25.9 Å². The van der Waals surface area contributed by atoms with Crippen LogP contribution in [0.25, 0.3) is 0 Å². The highest BCUT2D eigenvalue weighted by molar-refractivity contribution is 9.10. The zero-order valence-corrected chi connectivity index (χ0v) is 9.67. The summed E-state index contributed by atoms with van der Waals surface area (Å²) in [6, 6.07) is 0. The highest BCUT2D eigenvalue weighted by Gasteiger charge is 2.05. The summed E-state index contributed by atoms with van der Waals surface area (Å²) >= 11 is 3.10. The van der Waals surface area contributed by atoms with Gasteiger partial charge in [-0.2, -0.15) is 0 Å². The minimum atomic E-state index is -0.236. The lowest BCUT2D eigenvalue weighted by atomic mass is 10.6. The fourth-order valence-electron chi connectivity index (χ4n) is 0.792. The minimum Gasteiger partial charge on any atom is -0.475 e. The van der Waals surface area contributed by atoms with Gasteiger partial charge in [-0.15, -0.1) is 0 Å². The van der Waals surface area contributed by atoms with Crippen LogP contribution in [-0.2, 0) is 0 Å². The molecular formula is C8H12BrN3O2. The molecule has 0 atom stereocenters. The number of halogens is 1. The Labute approximate surface area is 90.2 Å². The van der Waals surface area contributed by atoms with Crippen molar-refractivity contribution >= 4 is 15.9 Å². The molecule has 1 aromatic heterocycles. The lowest BCUT2D eigenvalue weighted by Gasteiger charge is -2.10. The number of nitrogens with zero attached hydrogens (tertiary/aromatic N) is 2. The lowest BCUT2D eigenvalue weighted by Crippen LogP contribution is -2.20. The average Bonchev–Trinajstić information content (AvgIpc) is 2.12. The zero-order valence-electron chi connectivity index (χ0n) is 8.08. The van der Waals surface area contributed by atoms with E-state index < -0.39 is 0 Å². The molecule has 78 valence electrons. The monoisotopic (exact) mass is 261 g/mol. The Bertz CT molecular complexity index is 351. The van der Waals surface area contributed by atoms with Crippen LogP contribution in [0, 0.1) is 0 Å². The van der Waals surface area contributed by atoms with E-state index in [1.54, 1.807) is 0 Å². The smallest absolute Gasteiger partial charge is 0.268 e. The Hall–Kier alpha value is -0.880. The maximum absolute atomic E-state index is 11.1. The van der Waals surface area contributed by atoms with Crippen molar-refractivity contribution in [2.45, 2.75) is 0 Å². The van der Waals surface area contributed by atoms with Crippen LogP contribution >= 0.6 is 15.9 Å². The SMILES string of the molecule is CN(C)CCOc1nc[nH]c(=O)c1Br. The molecule has 0 aromatic carbocycles. The van der Waals surface area contributed by atoms with E-state index in [0.29, 0.717) is 17.0 Å². The summed E-state index contributed by atoms with van der Waals surface area (Å²) in [5.74, 6) is 0.329. The third kappa shape index (κ3) is 3.12. The molecule has 14 heavy (non-hydrogen) atoms. The van der Waals surface area contributed by atoms with E-state index in [0.717, 1.165) is 6.54 Å². The Morgan fingerprint density at radius 1 is 1.64 bits per heavy atom. The predicted octanol–water partition coefficient (Wildman–Crippen LogP) is 0.473. The summed E-state index contributed by atoms with van der Waals surface area (Å²) in [6.07, 6.45) is 1.32. The van der Waals surface area contributed by atoms with Gasteiger partial charge in [-0.1, -0.05) is 0 Å². The van der Waals surface area contributed by atoms with Crippen LogP contribution in [0.2, 0.25) is 0 Å². The normalized spacial score (nSPS) is 10.6. The number of rotatable bonds is 4. The van der Waals surface area contributed by atoms with E-state index in [4.69, 9.17) is 4.74 Å². The van der Waals surface area contributed by atoms with E-state index in [1.807, 2.05) is 19.0 Å². The van der Waals surface area contributed by atoms with E-state index in [9.17, 15) is 4.79 Å². The van der Waals surface area contributed by atoms with Gasteiger partial charge in [0.25, 0.3) is 5.56 Å². The van der Waals surface area contributed by atoms with Crippen molar-refractivity contribution in [2.75, 3.05) is 27.2 Å². The molecule has 0 aliphatic rings. The fraction of sp³-hybridized carbons (Fsp3) is 0.500. The van der Waals surface area contributed by atoms with Crippen molar-refractivity contribution in [1.82, 2.24) is 14.9 Å². The Balaban J connectivity index is 2.59. The molecule has 0 spiro atoms. The van der Waals surface area contributed by atoms with Crippen molar-refractivity contribution in [2.24, 2.45) is 0 Å². The standard InChI is InChI=1S/C8H12BrN3O2/c1-12(2)3-4-14-8-6(9)7(13)10-5-11-8/h5H,3-4H2,1-2H3,(H,10,11,13). The maximum atomic E-state index is 11.1. The molecule has 0 bridgehead atoms. The summed E-state index contributed by atoms with van der Waals surface area (Å²) in [7, 11) is 3.90. The molecule has 0 saturated heterocycles. The van der Waals surface area contributed by atoms with Crippen LogP contribution in [0.1, 0.15) is 0 Å². The Kier molecular flexibility index (Phi) is 4.09. The number of nitrogens with one attached hydrogen (secondary N) is 1. The molecule has 0 unspecified atom stereocenters. The molecule has 0 fully saturated rings. The quantitative estimate of drug-likeness (QED) is 0.857. The van der Waals surface area contributed by atoms with Crippen molar-refractivity contribution in [3.05, 3.63) is 21.2 Å². The van der Waals surface area contributed by atoms with Gasteiger partial charge in [0.15, 0.2) is 0 Å². The molecule has 1 N–H and O–H groups in total. The molecule has 5 nitrogen and oxygen atoms in total. The van der Waals surface area contributed by atoms with Gasteiger partial charge >= 0.3 is 0 Å². The number of ether oxygens (including phenoxy) is 1. The fourth-order valence-corrected chi connectivity index (χ4v) is 1.12. The molecule has 0 radical (unpaired) electrons. The number of aromatic nitrogens is 2. The largest absolute Gasteiger partial charge is 0.475 e. The molecule has 6 heteroatoms. The van der Waals surface area contributed by atoms with Crippen molar-refractivity contribution < 1.29 is 4.74 Å². The third-order valence-electron chi connectivity index (χ3n) is 1.54. The van der Waals surface area contributed by atoms with Gasteiger partial charge in [-0.05, 0) is 30.0 Å². The second-order valence-electron chi connectivity index (χ2n) is 3.00. The van der Waals surface area contributed by atoms with Crippen molar-refractivity contribution in [3.8, 4) is 5.88 Å². The van der Waals surface area contributed by atoms with Gasteiger partial charge in [0.1, 0.15) is 11.1 Å². The molecule has 0 amide bonds.